The Balaban J connectivity index is 1.43. The molecular weight excluding hydrogens is 496 g/mol. The van der Waals surface area contributed by atoms with Crippen LogP contribution in [0.5, 0.6) is 0 Å². The van der Waals surface area contributed by atoms with Crippen molar-refractivity contribution in [1.29, 1.82) is 0 Å². The number of aliphatic hydroxyl groups is 1. The molecule has 3 aromatic rings. The van der Waals surface area contributed by atoms with Crippen LogP contribution in [0.4, 0.5) is 14.6 Å². The number of carbonyl (C=O) groups is 2. The molecule has 12 nitrogen and oxygen atoms in total. The number of benzene rings is 1. The molecule has 0 amide bonds. The number of alkyl halides is 1. The maximum absolute atomic E-state index is 15.5. The van der Waals surface area contributed by atoms with Gasteiger partial charge in [-0.3, -0.25) is 4.57 Å². The number of imidazole rings is 1. The Morgan fingerprint density at radius 1 is 1.29 bits per heavy atom. The van der Waals surface area contributed by atoms with Gasteiger partial charge in [0.15, 0.2) is 29.5 Å². The number of ether oxygens (including phenoxy) is 2. The lowest BCUT2D eigenvalue weighted by Gasteiger charge is -2.28. The van der Waals surface area contributed by atoms with Crippen molar-refractivity contribution < 1.29 is 43.2 Å². The van der Waals surface area contributed by atoms with Crippen LogP contribution in [0.25, 0.3) is 11.2 Å². The first kappa shape index (κ1) is 23.3. The molecule has 5 rings (SSSR count). The average molecular weight is 512 g/mol. The van der Waals surface area contributed by atoms with Crippen molar-refractivity contribution in [1.82, 2.24) is 19.5 Å². The molecule has 2 aromatic heterocycles. The fourth-order valence-corrected chi connectivity index (χ4v) is 4.42. The molecule has 184 valence electrons. The highest BCUT2D eigenvalue weighted by Gasteiger charge is 2.80. The van der Waals surface area contributed by atoms with Gasteiger partial charge in [-0.05, 0) is 23.2 Å². The number of carboxylic acids is 2. The Morgan fingerprint density at radius 2 is 1.97 bits per heavy atom. The van der Waals surface area contributed by atoms with Gasteiger partial charge in [-0.2, -0.15) is 9.97 Å². The number of aliphatic carboxylic acids is 2. The first-order valence-corrected chi connectivity index (χ1v) is 10.4. The second-order valence-corrected chi connectivity index (χ2v) is 8.52. The lowest BCUT2D eigenvalue weighted by atomic mass is 9.93. The molecule has 0 bridgehead atoms. The number of rotatable bonds is 7. The van der Waals surface area contributed by atoms with Crippen molar-refractivity contribution in [3.8, 4) is 0 Å². The maximum atomic E-state index is 15.5. The number of fused-ring (bicyclic) bond motifs is 2. The Morgan fingerprint density at radius 3 is 2.57 bits per heavy atom. The second-order valence-electron chi connectivity index (χ2n) is 8.18. The fraction of sp³-hybridized carbons (Fsp3) is 0.350. The summed E-state index contributed by atoms with van der Waals surface area (Å²) in [5, 5.41) is 30.1. The van der Waals surface area contributed by atoms with E-state index in [9.17, 15) is 29.3 Å². The normalized spacial score (nSPS) is 27.7. The number of nitrogen functional groups attached to an aromatic ring is 1. The molecule has 3 heterocycles. The zero-order valence-electron chi connectivity index (χ0n) is 17.4. The molecule has 0 spiro atoms. The van der Waals surface area contributed by atoms with Gasteiger partial charge in [0.25, 0.3) is 5.60 Å². The average Bonchev–Trinajstić information content (AvgIpc) is 3.05. The van der Waals surface area contributed by atoms with Gasteiger partial charge in [0.2, 0.25) is 5.28 Å². The van der Waals surface area contributed by atoms with E-state index < -0.39 is 60.0 Å². The van der Waals surface area contributed by atoms with E-state index in [2.05, 4.69) is 15.0 Å². The fourth-order valence-electron chi connectivity index (χ4n) is 4.24. The minimum Gasteiger partial charge on any atom is -0.479 e. The van der Waals surface area contributed by atoms with E-state index in [4.69, 9.17) is 26.8 Å². The van der Waals surface area contributed by atoms with Gasteiger partial charge in [-0.15, -0.1) is 0 Å². The molecule has 1 aromatic carbocycles. The van der Waals surface area contributed by atoms with Crippen LogP contribution in [0.3, 0.4) is 0 Å². The van der Waals surface area contributed by atoms with Crippen molar-refractivity contribution in [2.45, 2.75) is 42.2 Å². The van der Waals surface area contributed by atoms with E-state index in [1.54, 1.807) is 0 Å². The van der Waals surface area contributed by atoms with Crippen LogP contribution < -0.4 is 5.73 Å². The maximum Gasteiger partial charge on any atom is 0.348 e. The van der Waals surface area contributed by atoms with Crippen molar-refractivity contribution >= 4 is 40.5 Å². The van der Waals surface area contributed by atoms with Gasteiger partial charge in [-0.1, -0.05) is 18.2 Å². The third-order valence-corrected chi connectivity index (χ3v) is 6.34. The van der Waals surface area contributed by atoms with Gasteiger partial charge in [0, 0.05) is 6.42 Å². The number of carboxylic acid groups (broad SMARTS) is 2. The van der Waals surface area contributed by atoms with Crippen LogP contribution in [0.2, 0.25) is 5.28 Å². The summed E-state index contributed by atoms with van der Waals surface area (Å²) >= 11 is 5.81. The number of aromatic nitrogens is 4. The topological polar surface area (TPSA) is 183 Å². The summed E-state index contributed by atoms with van der Waals surface area (Å²) in [7, 11) is 0. The van der Waals surface area contributed by atoms with Crippen LogP contribution in [-0.2, 0) is 25.5 Å². The standard InChI is InChI=1S/C20H16ClF2N5O7/c21-18-26-13(24)9-14(27-18)28(6-25-9)15-10(23)20(33)11(34-15)12(20)35-19(16(29)30,17(31)32)5-7-3-1-2-4-8(7)22/h1-4,6,10-12,15,33H,5H2,(H,29,30)(H,31,32)(H2,24,26,27)/t10-,11-,12?,15-,20+/m1/s1. The molecule has 2 aliphatic rings. The predicted octanol–water partition coefficient (Wildman–Crippen LogP) is 0.717. The molecule has 1 unspecified atom stereocenters. The van der Waals surface area contributed by atoms with Gasteiger partial charge in [0.1, 0.15) is 23.5 Å². The summed E-state index contributed by atoms with van der Waals surface area (Å²) in [5.41, 5.74) is 0.175. The highest BCUT2D eigenvalue weighted by molar-refractivity contribution is 6.28. The number of halogens is 3. The summed E-state index contributed by atoms with van der Waals surface area (Å²) in [6.45, 7) is 0. The molecule has 2 fully saturated rings. The Kier molecular flexibility index (Phi) is 5.17. The summed E-state index contributed by atoms with van der Waals surface area (Å²) in [6.07, 6.45) is -6.61. The molecular formula is C20H16ClF2N5O7. The molecule has 1 saturated carbocycles. The molecule has 15 heteroatoms. The summed E-state index contributed by atoms with van der Waals surface area (Å²) in [4.78, 5) is 35.7. The van der Waals surface area contributed by atoms with E-state index in [0.717, 1.165) is 17.0 Å². The molecule has 35 heavy (non-hydrogen) atoms. The monoisotopic (exact) mass is 511 g/mol. The van der Waals surface area contributed by atoms with Crippen LogP contribution in [-0.4, -0.2) is 76.4 Å². The van der Waals surface area contributed by atoms with Crippen molar-refractivity contribution in [2.24, 2.45) is 0 Å². The third kappa shape index (κ3) is 3.32. The van der Waals surface area contributed by atoms with Crippen LogP contribution in [0.15, 0.2) is 30.6 Å². The summed E-state index contributed by atoms with van der Waals surface area (Å²) in [6, 6.07) is 4.93. The molecule has 1 aliphatic carbocycles. The zero-order chi connectivity index (χ0) is 25.3. The number of hydrogen-bond donors (Lipinski definition) is 4. The Bertz CT molecular complexity index is 1360. The highest BCUT2D eigenvalue weighted by atomic mass is 35.5. The number of nitrogens with two attached hydrogens (primary N) is 1. The van der Waals surface area contributed by atoms with Crippen LogP contribution in [0.1, 0.15) is 11.8 Å². The lowest BCUT2D eigenvalue weighted by molar-refractivity contribution is -0.194. The van der Waals surface area contributed by atoms with Gasteiger partial charge < -0.3 is 30.5 Å². The second kappa shape index (κ2) is 7.78. The van der Waals surface area contributed by atoms with E-state index >= 15 is 4.39 Å². The van der Waals surface area contributed by atoms with Gasteiger partial charge in [-0.25, -0.2) is 23.4 Å². The summed E-state index contributed by atoms with van der Waals surface area (Å²) < 4.78 is 41.6. The molecule has 1 aliphatic heterocycles. The first-order valence-electron chi connectivity index (χ1n) is 10.1. The molecule has 5 atom stereocenters. The van der Waals surface area contributed by atoms with E-state index in [-0.39, 0.29) is 27.8 Å². The van der Waals surface area contributed by atoms with Gasteiger partial charge >= 0.3 is 11.9 Å². The van der Waals surface area contributed by atoms with Crippen molar-refractivity contribution in [3.05, 3.63) is 47.3 Å². The number of nitrogens with zero attached hydrogens (tertiary/aromatic N) is 4. The minimum absolute atomic E-state index is 0.0162. The number of anilines is 1. The van der Waals surface area contributed by atoms with E-state index in [1.165, 1.54) is 18.2 Å². The predicted molar refractivity (Wildman–Crippen MR) is 111 cm³/mol. The van der Waals surface area contributed by atoms with E-state index in [1.807, 2.05) is 0 Å². The summed E-state index contributed by atoms with van der Waals surface area (Å²) in [5.74, 6) is -4.85. The number of hydrogen-bond acceptors (Lipinski definition) is 9. The Hall–Kier alpha value is -3.46. The SMILES string of the molecule is Nc1nc(Cl)nc2c1ncn2[C@@H]1O[C@@H]2C(OC(Cc3ccccc3F)(C(=O)O)C(=O)O)[C@]2(O)[C@@H]1F. The van der Waals surface area contributed by atoms with E-state index in [0.29, 0.717) is 0 Å². The highest BCUT2D eigenvalue weighted by Crippen LogP contribution is 2.58. The molecule has 0 radical (unpaired) electrons. The minimum atomic E-state index is -3.03. The molecule has 1 saturated heterocycles. The third-order valence-electron chi connectivity index (χ3n) is 6.17. The van der Waals surface area contributed by atoms with Crippen LogP contribution >= 0.6 is 11.6 Å². The smallest absolute Gasteiger partial charge is 0.348 e. The van der Waals surface area contributed by atoms with Crippen molar-refractivity contribution in [3.63, 3.8) is 0 Å². The molecule has 5 N–H and O–H groups in total. The van der Waals surface area contributed by atoms with Crippen LogP contribution in [0, 0.1) is 5.82 Å². The zero-order valence-corrected chi connectivity index (χ0v) is 18.1. The van der Waals surface area contributed by atoms with Gasteiger partial charge in [0.05, 0.1) is 6.33 Å². The first-order chi connectivity index (χ1) is 16.5. The van der Waals surface area contributed by atoms with Crippen molar-refractivity contribution in [2.75, 3.05) is 5.73 Å². The lowest BCUT2D eigenvalue weighted by Crippen LogP contribution is -2.53. The largest absolute Gasteiger partial charge is 0.479 e. The Labute approximate surface area is 198 Å². The quantitative estimate of drug-likeness (QED) is 0.259.